The molecule has 1 heterocycles. The Hall–Kier alpha value is -0.650. The van der Waals surface area contributed by atoms with E-state index in [1.807, 2.05) is 13.8 Å². The predicted octanol–water partition coefficient (Wildman–Crippen LogP) is 1.21. The van der Waals surface area contributed by atoms with Crippen molar-refractivity contribution < 1.29 is 14.3 Å². The molecule has 0 spiro atoms. The molecule has 0 aromatic rings. The van der Waals surface area contributed by atoms with Gasteiger partial charge in [-0.25, -0.2) is 0 Å². The molecule has 3 N–H and O–H groups in total. The molecule has 112 valence electrons. The highest BCUT2D eigenvalue weighted by atomic mass is 16.5. The molecule has 0 aromatic carbocycles. The van der Waals surface area contributed by atoms with Gasteiger partial charge in [-0.05, 0) is 25.7 Å². The molecule has 1 unspecified atom stereocenters. The highest BCUT2D eigenvalue weighted by molar-refractivity contribution is 5.76. The Morgan fingerprint density at radius 1 is 1.47 bits per heavy atom. The molecule has 5 nitrogen and oxygen atoms in total. The fourth-order valence-corrected chi connectivity index (χ4v) is 2.02. The zero-order valence-corrected chi connectivity index (χ0v) is 12.2. The third-order valence-corrected chi connectivity index (χ3v) is 3.85. The lowest BCUT2D eigenvalue weighted by Gasteiger charge is -2.26. The predicted molar refractivity (Wildman–Crippen MR) is 74.9 cm³/mol. The smallest absolute Gasteiger partial charge is 0.222 e. The Morgan fingerprint density at radius 3 is 2.79 bits per heavy atom. The van der Waals surface area contributed by atoms with Gasteiger partial charge in [0.05, 0.1) is 19.3 Å². The molecule has 19 heavy (non-hydrogen) atoms. The highest BCUT2D eigenvalue weighted by Crippen LogP contribution is 2.12. The van der Waals surface area contributed by atoms with Crippen molar-refractivity contribution in [3.63, 3.8) is 0 Å². The summed E-state index contributed by atoms with van der Waals surface area (Å²) in [6.45, 7) is 6.49. The normalized spacial score (nSPS) is 19.6. The number of nitrogens with one attached hydrogen (secondary N) is 1. The molecule has 1 aliphatic heterocycles. The summed E-state index contributed by atoms with van der Waals surface area (Å²) in [6.07, 6.45) is 4.50. The molecule has 0 bridgehead atoms. The van der Waals surface area contributed by atoms with Crippen LogP contribution in [0.25, 0.3) is 0 Å². The van der Waals surface area contributed by atoms with E-state index in [4.69, 9.17) is 15.2 Å². The van der Waals surface area contributed by atoms with Crippen LogP contribution in [-0.4, -0.2) is 43.9 Å². The first-order valence-corrected chi connectivity index (χ1v) is 7.34. The van der Waals surface area contributed by atoms with Crippen molar-refractivity contribution in [1.29, 1.82) is 0 Å². The molecule has 1 fully saturated rings. The molecule has 1 amide bonds. The van der Waals surface area contributed by atoms with Crippen molar-refractivity contribution in [2.24, 2.45) is 5.73 Å². The number of hydrogen-bond donors (Lipinski definition) is 2. The van der Waals surface area contributed by atoms with E-state index in [1.165, 1.54) is 0 Å². The second-order valence-electron chi connectivity index (χ2n) is 5.31. The quantitative estimate of drug-likeness (QED) is 0.619. The van der Waals surface area contributed by atoms with Gasteiger partial charge in [0, 0.05) is 25.1 Å². The lowest BCUT2D eigenvalue weighted by molar-refractivity contribution is -0.122. The third-order valence-electron chi connectivity index (χ3n) is 3.85. The highest BCUT2D eigenvalue weighted by Gasteiger charge is 2.20. The standard InChI is InChI=1S/C14H28N2O3/c1-3-14(15,4-2)11-16-13(17)7-9-18-10-12-6-5-8-19-12/h12H,3-11,15H2,1-2H3,(H,16,17). The number of hydrogen-bond acceptors (Lipinski definition) is 4. The summed E-state index contributed by atoms with van der Waals surface area (Å²) in [7, 11) is 0. The van der Waals surface area contributed by atoms with Crippen LogP contribution in [0.15, 0.2) is 0 Å². The Labute approximate surface area is 116 Å². The van der Waals surface area contributed by atoms with E-state index in [9.17, 15) is 4.79 Å². The summed E-state index contributed by atoms with van der Waals surface area (Å²) >= 11 is 0. The summed E-state index contributed by atoms with van der Waals surface area (Å²) < 4.78 is 10.9. The van der Waals surface area contributed by atoms with Gasteiger partial charge in [-0.2, -0.15) is 0 Å². The number of nitrogens with two attached hydrogens (primary N) is 1. The maximum Gasteiger partial charge on any atom is 0.222 e. The molecule has 5 heteroatoms. The lowest BCUT2D eigenvalue weighted by atomic mass is 9.94. The first-order chi connectivity index (χ1) is 9.09. The summed E-state index contributed by atoms with van der Waals surface area (Å²) in [4.78, 5) is 11.6. The van der Waals surface area contributed by atoms with E-state index in [2.05, 4.69) is 5.32 Å². The van der Waals surface area contributed by atoms with Gasteiger partial charge >= 0.3 is 0 Å². The van der Waals surface area contributed by atoms with E-state index >= 15 is 0 Å². The Morgan fingerprint density at radius 2 is 2.21 bits per heavy atom. The molecule has 0 aliphatic carbocycles. The molecule has 0 saturated carbocycles. The van der Waals surface area contributed by atoms with Gasteiger partial charge in [-0.15, -0.1) is 0 Å². The minimum Gasteiger partial charge on any atom is -0.378 e. The van der Waals surface area contributed by atoms with E-state index in [0.29, 0.717) is 26.2 Å². The van der Waals surface area contributed by atoms with Crippen LogP contribution in [-0.2, 0) is 14.3 Å². The molecular formula is C14H28N2O3. The summed E-state index contributed by atoms with van der Waals surface area (Å²) in [5, 5.41) is 2.88. The van der Waals surface area contributed by atoms with E-state index in [1.54, 1.807) is 0 Å². The molecule has 1 rings (SSSR count). The van der Waals surface area contributed by atoms with Crippen LogP contribution in [0.1, 0.15) is 46.0 Å². The number of carbonyl (C=O) groups excluding carboxylic acids is 1. The first-order valence-electron chi connectivity index (χ1n) is 7.34. The average Bonchev–Trinajstić information content (AvgIpc) is 2.94. The van der Waals surface area contributed by atoms with Gasteiger partial charge in [-0.3, -0.25) is 4.79 Å². The Kier molecular flexibility index (Phi) is 7.34. The fourth-order valence-electron chi connectivity index (χ4n) is 2.02. The monoisotopic (exact) mass is 272 g/mol. The summed E-state index contributed by atoms with van der Waals surface area (Å²) in [6, 6.07) is 0. The van der Waals surface area contributed by atoms with Crippen molar-refractivity contribution >= 4 is 5.91 Å². The average molecular weight is 272 g/mol. The van der Waals surface area contributed by atoms with E-state index in [-0.39, 0.29) is 17.6 Å². The zero-order chi connectivity index (χ0) is 14.1. The molecular weight excluding hydrogens is 244 g/mol. The van der Waals surface area contributed by atoms with Crippen LogP contribution in [0.2, 0.25) is 0 Å². The summed E-state index contributed by atoms with van der Waals surface area (Å²) in [5.74, 6) is 0.00376. The summed E-state index contributed by atoms with van der Waals surface area (Å²) in [5.41, 5.74) is 5.84. The van der Waals surface area contributed by atoms with Gasteiger partial charge in [0.15, 0.2) is 0 Å². The van der Waals surface area contributed by atoms with Gasteiger partial charge < -0.3 is 20.5 Å². The minimum atomic E-state index is -0.284. The van der Waals surface area contributed by atoms with Crippen LogP contribution in [0.3, 0.4) is 0 Å². The van der Waals surface area contributed by atoms with Crippen molar-refractivity contribution in [2.75, 3.05) is 26.4 Å². The molecule has 1 atom stereocenters. The van der Waals surface area contributed by atoms with Crippen LogP contribution < -0.4 is 11.1 Å². The van der Waals surface area contributed by atoms with Crippen LogP contribution in [0.5, 0.6) is 0 Å². The Balaban J connectivity index is 2.04. The topological polar surface area (TPSA) is 73.6 Å². The van der Waals surface area contributed by atoms with E-state index in [0.717, 1.165) is 32.3 Å². The van der Waals surface area contributed by atoms with Crippen LogP contribution >= 0.6 is 0 Å². The second kappa shape index (κ2) is 8.51. The number of ether oxygens (including phenoxy) is 2. The van der Waals surface area contributed by atoms with Crippen LogP contribution in [0, 0.1) is 0 Å². The fraction of sp³-hybridized carbons (Fsp3) is 0.929. The molecule has 1 saturated heterocycles. The Bertz CT molecular complexity index is 261. The largest absolute Gasteiger partial charge is 0.378 e. The van der Waals surface area contributed by atoms with Crippen molar-refractivity contribution in [2.45, 2.75) is 57.6 Å². The molecule has 0 radical (unpaired) electrons. The van der Waals surface area contributed by atoms with E-state index < -0.39 is 0 Å². The lowest BCUT2D eigenvalue weighted by Crippen LogP contribution is -2.49. The van der Waals surface area contributed by atoms with Crippen molar-refractivity contribution in [3.8, 4) is 0 Å². The zero-order valence-electron chi connectivity index (χ0n) is 12.2. The van der Waals surface area contributed by atoms with Gasteiger partial charge in [0.2, 0.25) is 5.91 Å². The number of carbonyl (C=O) groups is 1. The van der Waals surface area contributed by atoms with Crippen LogP contribution in [0.4, 0.5) is 0 Å². The number of amides is 1. The molecule has 1 aliphatic rings. The first kappa shape index (κ1) is 16.4. The maximum absolute atomic E-state index is 11.6. The maximum atomic E-state index is 11.6. The van der Waals surface area contributed by atoms with Gasteiger partial charge in [0.25, 0.3) is 0 Å². The minimum absolute atomic E-state index is 0.00376. The SMILES string of the molecule is CCC(N)(CC)CNC(=O)CCOCC1CCCO1. The van der Waals surface area contributed by atoms with Crippen molar-refractivity contribution in [1.82, 2.24) is 5.32 Å². The second-order valence-corrected chi connectivity index (χ2v) is 5.31. The third kappa shape index (κ3) is 6.36. The van der Waals surface area contributed by atoms with Crippen molar-refractivity contribution in [3.05, 3.63) is 0 Å². The van der Waals surface area contributed by atoms with Gasteiger partial charge in [0.1, 0.15) is 0 Å². The molecule has 0 aromatic heterocycles. The number of rotatable bonds is 9. The van der Waals surface area contributed by atoms with Gasteiger partial charge in [-0.1, -0.05) is 13.8 Å².